The van der Waals surface area contributed by atoms with Crippen LogP contribution in [0.3, 0.4) is 0 Å². The molecule has 2 bridgehead atoms. The first-order valence-electron chi connectivity index (χ1n) is 6.81. The van der Waals surface area contributed by atoms with Crippen LogP contribution >= 0.6 is 11.6 Å². The number of aromatic nitrogens is 1. The average Bonchev–Trinajstić information content (AvgIpc) is 2.77. The normalized spacial score (nSPS) is 38.1. The minimum Gasteiger partial charge on any atom is -0.478 e. The zero-order valence-corrected chi connectivity index (χ0v) is 11.1. The van der Waals surface area contributed by atoms with Crippen molar-refractivity contribution in [2.45, 2.75) is 25.3 Å². The number of carboxylic acid groups (broad SMARTS) is 1. The molecule has 100 valence electrons. The molecular weight excluding hydrogens is 264 g/mol. The van der Waals surface area contributed by atoms with Gasteiger partial charge >= 0.3 is 5.97 Å². The summed E-state index contributed by atoms with van der Waals surface area (Å²) in [5.74, 6) is 2.96. The van der Waals surface area contributed by atoms with Gasteiger partial charge in [0.2, 0.25) is 0 Å². The Morgan fingerprint density at radius 3 is 2.63 bits per heavy atom. The Labute approximate surface area is 116 Å². The van der Waals surface area contributed by atoms with E-state index in [1.807, 2.05) is 0 Å². The van der Waals surface area contributed by atoms with Gasteiger partial charge in [0.05, 0.1) is 5.56 Å². The summed E-state index contributed by atoms with van der Waals surface area (Å²) in [4.78, 5) is 15.2. The standard InChI is InChI=1S/C14H15ClN2O2/c15-9-4-8(14(18)19)5-10(16-9)17-13-11-6-1-2-7(3-6)12(11)13/h4-7,11-13H,1-3H2,(H,16,17)(H,18,19). The van der Waals surface area contributed by atoms with Gasteiger partial charge in [-0.05, 0) is 55.1 Å². The molecule has 3 saturated carbocycles. The van der Waals surface area contributed by atoms with E-state index >= 15 is 0 Å². The highest BCUT2D eigenvalue weighted by Crippen LogP contribution is 2.66. The largest absolute Gasteiger partial charge is 0.478 e. The first-order chi connectivity index (χ1) is 9.13. The molecule has 2 N–H and O–H groups in total. The van der Waals surface area contributed by atoms with Crippen molar-refractivity contribution in [1.29, 1.82) is 0 Å². The van der Waals surface area contributed by atoms with Gasteiger partial charge in [-0.25, -0.2) is 9.78 Å². The highest BCUT2D eigenvalue weighted by molar-refractivity contribution is 6.29. The number of nitrogens with zero attached hydrogens (tertiary/aromatic N) is 1. The van der Waals surface area contributed by atoms with E-state index in [4.69, 9.17) is 16.7 Å². The van der Waals surface area contributed by atoms with Crippen molar-refractivity contribution in [2.75, 3.05) is 5.32 Å². The molecule has 19 heavy (non-hydrogen) atoms. The number of aromatic carboxylic acids is 1. The maximum absolute atomic E-state index is 11.0. The summed E-state index contributed by atoms with van der Waals surface area (Å²) in [6.45, 7) is 0. The van der Waals surface area contributed by atoms with Gasteiger partial charge in [0.25, 0.3) is 0 Å². The fourth-order valence-corrected chi connectivity index (χ4v) is 4.59. The second-order valence-electron chi connectivity index (χ2n) is 6.03. The first-order valence-corrected chi connectivity index (χ1v) is 7.18. The molecule has 0 spiro atoms. The molecule has 4 rings (SSSR count). The Morgan fingerprint density at radius 1 is 1.32 bits per heavy atom. The highest BCUT2D eigenvalue weighted by atomic mass is 35.5. The molecule has 0 amide bonds. The number of rotatable bonds is 3. The lowest BCUT2D eigenvalue weighted by molar-refractivity contribution is 0.0697. The van der Waals surface area contributed by atoms with Gasteiger partial charge < -0.3 is 10.4 Å². The van der Waals surface area contributed by atoms with E-state index in [-0.39, 0.29) is 10.7 Å². The van der Waals surface area contributed by atoms with Crippen molar-refractivity contribution < 1.29 is 9.90 Å². The van der Waals surface area contributed by atoms with Crippen LogP contribution in [0.1, 0.15) is 29.6 Å². The van der Waals surface area contributed by atoms with Gasteiger partial charge in [-0.3, -0.25) is 0 Å². The molecule has 0 aliphatic heterocycles. The smallest absolute Gasteiger partial charge is 0.335 e. The lowest BCUT2D eigenvalue weighted by atomic mass is 10.0. The number of nitrogens with one attached hydrogen (secondary N) is 1. The fourth-order valence-electron chi connectivity index (χ4n) is 4.38. The summed E-state index contributed by atoms with van der Waals surface area (Å²) in [7, 11) is 0. The third-order valence-electron chi connectivity index (χ3n) is 5.09. The van der Waals surface area contributed by atoms with Crippen LogP contribution in [-0.4, -0.2) is 22.1 Å². The number of hydrogen-bond acceptors (Lipinski definition) is 3. The van der Waals surface area contributed by atoms with E-state index in [0.29, 0.717) is 11.9 Å². The van der Waals surface area contributed by atoms with Gasteiger partial charge in [-0.1, -0.05) is 11.6 Å². The zero-order valence-electron chi connectivity index (χ0n) is 10.3. The summed E-state index contributed by atoms with van der Waals surface area (Å²) in [5, 5.41) is 12.7. The predicted molar refractivity (Wildman–Crippen MR) is 71.4 cm³/mol. The lowest BCUT2D eigenvalue weighted by Crippen LogP contribution is -2.14. The third-order valence-corrected chi connectivity index (χ3v) is 5.28. The van der Waals surface area contributed by atoms with E-state index < -0.39 is 5.97 Å². The van der Waals surface area contributed by atoms with Crippen molar-refractivity contribution in [3.63, 3.8) is 0 Å². The van der Waals surface area contributed by atoms with Gasteiger partial charge in [-0.2, -0.15) is 0 Å². The topological polar surface area (TPSA) is 62.2 Å². The van der Waals surface area contributed by atoms with Crippen molar-refractivity contribution >= 4 is 23.4 Å². The molecule has 4 atom stereocenters. The Morgan fingerprint density at radius 2 is 2.00 bits per heavy atom. The van der Waals surface area contributed by atoms with Crippen LogP contribution in [0.25, 0.3) is 0 Å². The second-order valence-corrected chi connectivity index (χ2v) is 6.41. The van der Waals surface area contributed by atoms with Crippen LogP contribution in [0.5, 0.6) is 0 Å². The molecular formula is C14H15ClN2O2. The van der Waals surface area contributed by atoms with E-state index in [0.717, 1.165) is 23.7 Å². The summed E-state index contributed by atoms with van der Waals surface area (Å²) >= 11 is 5.87. The number of pyridine rings is 1. The molecule has 0 saturated heterocycles. The second kappa shape index (κ2) is 3.85. The zero-order chi connectivity index (χ0) is 13.1. The summed E-state index contributed by atoms with van der Waals surface area (Å²) in [6, 6.07) is 3.44. The minimum atomic E-state index is -0.969. The SMILES string of the molecule is O=C(O)c1cc(Cl)nc(NC2C3C4CCC(C4)C23)c1. The van der Waals surface area contributed by atoms with E-state index in [9.17, 15) is 4.79 Å². The Hall–Kier alpha value is -1.29. The molecule has 1 aromatic heterocycles. The molecule has 3 aliphatic rings. The van der Waals surface area contributed by atoms with Gasteiger partial charge in [0.15, 0.2) is 0 Å². The molecule has 4 nitrogen and oxygen atoms in total. The van der Waals surface area contributed by atoms with Crippen molar-refractivity contribution in [3.05, 3.63) is 22.8 Å². The van der Waals surface area contributed by atoms with E-state index in [1.54, 1.807) is 6.07 Å². The summed E-state index contributed by atoms with van der Waals surface area (Å²) in [6.07, 6.45) is 4.14. The molecule has 3 fully saturated rings. The molecule has 0 aromatic carbocycles. The monoisotopic (exact) mass is 278 g/mol. The Kier molecular flexibility index (Phi) is 2.34. The molecule has 4 unspecified atom stereocenters. The van der Waals surface area contributed by atoms with Crippen molar-refractivity contribution in [3.8, 4) is 0 Å². The third kappa shape index (κ3) is 1.73. The molecule has 1 aromatic rings. The Balaban J connectivity index is 1.54. The Bertz CT molecular complexity index is 546. The molecule has 0 radical (unpaired) electrons. The number of hydrogen-bond donors (Lipinski definition) is 2. The predicted octanol–water partition coefficient (Wildman–Crippen LogP) is 2.89. The first kappa shape index (κ1) is 11.5. The minimum absolute atomic E-state index is 0.191. The molecule has 3 aliphatic carbocycles. The van der Waals surface area contributed by atoms with Crippen molar-refractivity contribution in [1.82, 2.24) is 4.98 Å². The van der Waals surface area contributed by atoms with Crippen molar-refractivity contribution in [2.24, 2.45) is 23.7 Å². The quantitative estimate of drug-likeness (QED) is 0.835. The van der Waals surface area contributed by atoms with Gasteiger partial charge in [-0.15, -0.1) is 0 Å². The van der Waals surface area contributed by atoms with Crippen LogP contribution in [0, 0.1) is 23.7 Å². The van der Waals surface area contributed by atoms with E-state index in [1.165, 1.54) is 25.3 Å². The van der Waals surface area contributed by atoms with Crippen LogP contribution in [0.15, 0.2) is 12.1 Å². The van der Waals surface area contributed by atoms with Gasteiger partial charge in [0, 0.05) is 6.04 Å². The number of fused-ring (bicyclic) bond motifs is 5. The van der Waals surface area contributed by atoms with Crippen LogP contribution < -0.4 is 5.32 Å². The number of anilines is 1. The van der Waals surface area contributed by atoms with Crippen LogP contribution in [0.4, 0.5) is 5.82 Å². The number of carboxylic acids is 1. The molecule has 1 heterocycles. The fraction of sp³-hybridized carbons (Fsp3) is 0.571. The molecule has 5 heteroatoms. The van der Waals surface area contributed by atoms with E-state index in [2.05, 4.69) is 10.3 Å². The van der Waals surface area contributed by atoms with Crippen LogP contribution in [-0.2, 0) is 0 Å². The maximum Gasteiger partial charge on any atom is 0.335 e. The number of halogens is 1. The van der Waals surface area contributed by atoms with Crippen LogP contribution in [0.2, 0.25) is 5.15 Å². The highest BCUT2D eigenvalue weighted by Gasteiger charge is 2.65. The average molecular weight is 279 g/mol. The lowest BCUT2D eigenvalue weighted by Gasteiger charge is -2.11. The number of carbonyl (C=O) groups is 1. The summed E-state index contributed by atoms with van der Waals surface area (Å²) < 4.78 is 0. The maximum atomic E-state index is 11.0. The summed E-state index contributed by atoms with van der Waals surface area (Å²) in [5.41, 5.74) is 0.191. The van der Waals surface area contributed by atoms with Gasteiger partial charge in [0.1, 0.15) is 11.0 Å².